The number of halogens is 1. The molecule has 0 aliphatic carbocycles. The van der Waals surface area contributed by atoms with E-state index < -0.39 is 6.10 Å². The molecule has 0 spiro atoms. The molecular weight excluding hydrogens is 254 g/mol. The quantitative estimate of drug-likeness (QED) is 0.894. The van der Waals surface area contributed by atoms with Gasteiger partial charge >= 0.3 is 0 Å². The van der Waals surface area contributed by atoms with Crippen LogP contribution in [0, 0.1) is 0 Å². The van der Waals surface area contributed by atoms with Gasteiger partial charge in [0.2, 0.25) is 5.91 Å². The molecule has 18 heavy (non-hydrogen) atoms. The fraction of sp³-hybridized carbons (Fsp3) is 0.462. The zero-order valence-electron chi connectivity index (χ0n) is 10.8. The van der Waals surface area contributed by atoms with E-state index in [2.05, 4.69) is 0 Å². The molecule has 0 aliphatic rings. The summed E-state index contributed by atoms with van der Waals surface area (Å²) in [5, 5.41) is 9.84. The van der Waals surface area contributed by atoms with Crippen molar-refractivity contribution < 1.29 is 14.6 Å². The molecule has 0 bridgehead atoms. The Morgan fingerprint density at radius 1 is 1.50 bits per heavy atom. The lowest BCUT2D eigenvalue weighted by Gasteiger charge is -2.12. The van der Waals surface area contributed by atoms with E-state index >= 15 is 0 Å². The molecule has 4 nitrogen and oxygen atoms in total. The van der Waals surface area contributed by atoms with Gasteiger partial charge in [-0.25, -0.2) is 0 Å². The van der Waals surface area contributed by atoms with Crippen LogP contribution in [0.2, 0.25) is 5.02 Å². The highest BCUT2D eigenvalue weighted by molar-refractivity contribution is 6.32. The van der Waals surface area contributed by atoms with Crippen LogP contribution in [-0.2, 0) is 4.79 Å². The zero-order valence-corrected chi connectivity index (χ0v) is 11.6. The minimum Gasteiger partial charge on any atom is -0.491 e. The molecule has 0 fully saturated rings. The summed E-state index contributed by atoms with van der Waals surface area (Å²) >= 11 is 6.02. The Balaban J connectivity index is 2.56. The predicted octanol–water partition coefficient (Wildman–Crippen LogP) is 2.25. The Bertz CT molecular complexity index is 419. The standard InChI is InChI=1S/C13H18ClNO3/c1-9(16)10-4-5-12(11(14)8-10)18-7-6-13(17)15(2)3/h4-5,8-9,16H,6-7H2,1-3H3. The van der Waals surface area contributed by atoms with Gasteiger partial charge < -0.3 is 14.7 Å². The van der Waals surface area contributed by atoms with Gasteiger partial charge in [0.25, 0.3) is 0 Å². The van der Waals surface area contributed by atoms with Crippen LogP contribution in [0.1, 0.15) is 25.0 Å². The average molecular weight is 272 g/mol. The Hall–Kier alpha value is -1.26. The fourth-order valence-electron chi connectivity index (χ4n) is 1.37. The molecule has 0 radical (unpaired) electrons. The number of ether oxygens (including phenoxy) is 1. The smallest absolute Gasteiger partial charge is 0.225 e. The second-order valence-electron chi connectivity index (χ2n) is 4.25. The molecule has 5 heteroatoms. The number of nitrogens with zero attached hydrogens (tertiary/aromatic N) is 1. The normalized spacial score (nSPS) is 12.1. The van der Waals surface area contributed by atoms with Crippen LogP contribution in [0.25, 0.3) is 0 Å². The number of aliphatic hydroxyl groups excluding tert-OH is 1. The van der Waals surface area contributed by atoms with Crippen LogP contribution in [-0.4, -0.2) is 36.6 Å². The summed E-state index contributed by atoms with van der Waals surface area (Å²) in [4.78, 5) is 12.9. The van der Waals surface area contributed by atoms with E-state index in [0.29, 0.717) is 17.2 Å². The van der Waals surface area contributed by atoms with Crippen molar-refractivity contribution in [3.8, 4) is 5.75 Å². The fourth-order valence-corrected chi connectivity index (χ4v) is 1.61. The Labute approximate surface area is 112 Å². The first-order chi connectivity index (χ1) is 8.41. The van der Waals surface area contributed by atoms with Crippen LogP contribution in [0.4, 0.5) is 0 Å². The van der Waals surface area contributed by atoms with Crippen molar-refractivity contribution >= 4 is 17.5 Å². The molecule has 100 valence electrons. The summed E-state index contributed by atoms with van der Waals surface area (Å²) in [6.07, 6.45) is -0.256. The second-order valence-corrected chi connectivity index (χ2v) is 4.66. The minimum atomic E-state index is -0.563. The number of rotatable bonds is 5. The number of hydrogen-bond donors (Lipinski definition) is 1. The average Bonchev–Trinajstić information content (AvgIpc) is 2.30. The maximum absolute atomic E-state index is 11.3. The lowest BCUT2D eigenvalue weighted by atomic mass is 10.1. The number of amides is 1. The Morgan fingerprint density at radius 3 is 2.67 bits per heavy atom. The van der Waals surface area contributed by atoms with E-state index in [1.807, 2.05) is 0 Å². The first-order valence-corrected chi connectivity index (χ1v) is 6.10. The maximum Gasteiger partial charge on any atom is 0.225 e. The molecule has 0 heterocycles. The van der Waals surface area contributed by atoms with Crippen molar-refractivity contribution in [1.29, 1.82) is 0 Å². The molecule has 1 rings (SSSR count). The Kier molecular flexibility index (Phi) is 5.44. The van der Waals surface area contributed by atoms with E-state index in [1.54, 1.807) is 39.2 Å². The molecule has 0 aliphatic heterocycles. The minimum absolute atomic E-state index is 0.00623. The van der Waals surface area contributed by atoms with E-state index in [4.69, 9.17) is 16.3 Å². The van der Waals surface area contributed by atoms with Gasteiger partial charge in [0.1, 0.15) is 5.75 Å². The molecule has 1 N–H and O–H groups in total. The molecule has 1 aromatic rings. The van der Waals surface area contributed by atoms with Crippen molar-refractivity contribution in [2.75, 3.05) is 20.7 Å². The number of aliphatic hydroxyl groups is 1. The van der Waals surface area contributed by atoms with Gasteiger partial charge in [0.05, 0.1) is 24.2 Å². The highest BCUT2D eigenvalue weighted by Crippen LogP contribution is 2.27. The first kappa shape index (κ1) is 14.8. The monoisotopic (exact) mass is 271 g/mol. The van der Waals surface area contributed by atoms with Crippen molar-refractivity contribution in [3.05, 3.63) is 28.8 Å². The van der Waals surface area contributed by atoms with E-state index in [-0.39, 0.29) is 12.5 Å². The van der Waals surface area contributed by atoms with Crippen molar-refractivity contribution in [2.45, 2.75) is 19.4 Å². The third-order valence-corrected chi connectivity index (χ3v) is 2.81. The zero-order chi connectivity index (χ0) is 13.7. The largest absolute Gasteiger partial charge is 0.491 e. The van der Waals surface area contributed by atoms with Crippen LogP contribution in [0.15, 0.2) is 18.2 Å². The van der Waals surface area contributed by atoms with E-state index in [0.717, 1.165) is 5.56 Å². The number of hydrogen-bond acceptors (Lipinski definition) is 3. The third-order valence-electron chi connectivity index (χ3n) is 2.51. The molecule has 0 saturated heterocycles. The number of benzene rings is 1. The molecule has 0 saturated carbocycles. The van der Waals surface area contributed by atoms with Gasteiger partial charge in [0.15, 0.2) is 0 Å². The van der Waals surface area contributed by atoms with E-state index in [9.17, 15) is 9.90 Å². The van der Waals surface area contributed by atoms with Gasteiger partial charge in [-0.05, 0) is 24.6 Å². The van der Waals surface area contributed by atoms with Gasteiger partial charge in [0, 0.05) is 14.1 Å². The van der Waals surface area contributed by atoms with Gasteiger partial charge in [-0.1, -0.05) is 17.7 Å². The maximum atomic E-state index is 11.3. The first-order valence-electron chi connectivity index (χ1n) is 5.72. The van der Waals surface area contributed by atoms with Gasteiger partial charge in [-0.2, -0.15) is 0 Å². The summed E-state index contributed by atoms with van der Waals surface area (Å²) in [5.41, 5.74) is 0.733. The highest BCUT2D eigenvalue weighted by atomic mass is 35.5. The number of carbonyl (C=O) groups excluding carboxylic acids is 1. The predicted molar refractivity (Wildman–Crippen MR) is 70.9 cm³/mol. The summed E-state index contributed by atoms with van der Waals surface area (Å²) in [7, 11) is 3.40. The molecular formula is C13H18ClNO3. The lowest BCUT2D eigenvalue weighted by Crippen LogP contribution is -2.23. The van der Waals surface area contributed by atoms with Crippen molar-refractivity contribution in [3.63, 3.8) is 0 Å². The second kappa shape index (κ2) is 6.61. The van der Waals surface area contributed by atoms with Crippen LogP contribution < -0.4 is 4.74 Å². The molecule has 1 unspecified atom stereocenters. The van der Waals surface area contributed by atoms with Gasteiger partial charge in [-0.3, -0.25) is 4.79 Å². The van der Waals surface area contributed by atoms with E-state index in [1.165, 1.54) is 4.90 Å². The molecule has 1 atom stereocenters. The van der Waals surface area contributed by atoms with Crippen molar-refractivity contribution in [2.24, 2.45) is 0 Å². The third kappa shape index (κ3) is 4.20. The van der Waals surface area contributed by atoms with Crippen LogP contribution in [0.5, 0.6) is 5.75 Å². The summed E-state index contributed by atoms with van der Waals surface area (Å²) in [5.74, 6) is 0.527. The highest BCUT2D eigenvalue weighted by Gasteiger charge is 2.08. The lowest BCUT2D eigenvalue weighted by molar-refractivity contribution is -0.129. The number of carbonyl (C=O) groups is 1. The summed E-state index contributed by atoms with van der Waals surface area (Å²) < 4.78 is 5.43. The topological polar surface area (TPSA) is 49.8 Å². The van der Waals surface area contributed by atoms with Crippen molar-refractivity contribution in [1.82, 2.24) is 4.90 Å². The summed E-state index contributed by atoms with van der Waals surface area (Å²) in [6, 6.07) is 5.11. The SMILES string of the molecule is CC(O)c1ccc(OCCC(=O)N(C)C)c(Cl)c1. The van der Waals surface area contributed by atoms with Gasteiger partial charge in [-0.15, -0.1) is 0 Å². The molecule has 1 amide bonds. The Morgan fingerprint density at radius 2 is 2.17 bits per heavy atom. The van der Waals surface area contributed by atoms with Crippen LogP contribution >= 0.6 is 11.6 Å². The molecule has 1 aromatic carbocycles. The summed E-state index contributed by atoms with van der Waals surface area (Å²) in [6.45, 7) is 1.95. The molecule has 0 aromatic heterocycles. The van der Waals surface area contributed by atoms with Crippen LogP contribution in [0.3, 0.4) is 0 Å².